The molecule has 3 heteroatoms. The second-order valence-corrected chi connectivity index (χ2v) is 4.79. The Labute approximate surface area is 110 Å². The van der Waals surface area contributed by atoms with Gasteiger partial charge in [-0.2, -0.15) is 0 Å². The van der Waals surface area contributed by atoms with Gasteiger partial charge in [0.2, 0.25) is 0 Å². The summed E-state index contributed by atoms with van der Waals surface area (Å²) in [6.07, 6.45) is 5.04. The third-order valence-corrected chi connectivity index (χ3v) is 3.09. The predicted octanol–water partition coefficient (Wildman–Crippen LogP) is 3.62. The van der Waals surface area contributed by atoms with Crippen molar-refractivity contribution in [2.75, 3.05) is 11.9 Å². The minimum absolute atomic E-state index is 0.463. The van der Waals surface area contributed by atoms with E-state index in [1.807, 2.05) is 12.1 Å². The average molecular weight is 250 g/mol. The Bertz CT molecular complexity index is 374. The van der Waals surface area contributed by atoms with E-state index < -0.39 is 0 Å². The van der Waals surface area contributed by atoms with E-state index in [1.165, 1.54) is 31.2 Å². The molecule has 0 spiro atoms. The molecule has 0 saturated carbocycles. The maximum absolute atomic E-state index is 5.73. The molecule has 1 aromatic rings. The first-order chi connectivity index (χ1) is 8.16. The number of anilines is 1. The van der Waals surface area contributed by atoms with Gasteiger partial charge in [-0.1, -0.05) is 50.5 Å². The molecule has 17 heavy (non-hydrogen) atoms. The van der Waals surface area contributed by atoms with Gasteiger partial charge in [0.15, 0.2) is 0 Å². The summed E-state index contributed by atoms with van der Waals surface area (Å²) in [6.45, 7) is 5.29. The molecule has 0 saturated heterocycles. The van der Waals surface area contributed by atoms with Crippen LogP contribution < -0.4 is 11.1 Å². The molecule has 94 valence electrons. The van der Waals surface area contributed by atoms with E-state index in [0.717, 1.165) is 17.8 Å². The van der Waals surface area contributed by atoms with E-state index in [1.54, 1.807) is 0 Å². The molecule has 0 bridgehead atoms. The first kappa shape index (κ1) is 14.0. The van der Waals surface area contributed by atoms with E-state index in [0.29, 0.717) is 4.99 Å². The molecular weight excluding hydrogens is 228 g/mol. The number of unbranched alkanes of at least 4 members (excludes halogenated alkanes) is 3. The average Bonchev–Trinajstić information content (AvgIpc) is 2.30. The quantitative estimate of drug-likeness (QED) is 0.573. The van der Waals surface area contributed by atoms with Crippen LogP contribution in [0.3, 0.4) is 0 Å². The van der Waals surface area contributed by atoms with Crippen LogP contribution in [0.5, 0.6) is 0 Å². The number of aryl methyl sites for hydroxylation is 1. The van der Waals surface area contributed by atoms with E-state index in [9.17, 15) is 0 Å². The lowest BCUT2D eigenvalue weighted by Gasteiger charge is -2.13. The number of para-hydroxylation sites is 1. The molecule has 3 N–H and O–H groups in total. The zero-order valence-electron chi connectivity index (χ0n) is 10.8. The molecule has 0 atom stereocenters. The number of nitrogens with one attached hydrogen (secondary N) is 1. The van der Waals surface area contributed by atoms with Gasteiger partial charge in [0, 0.05) is 17.8 Å². The minimum Gasteiger partial charge on any atom is -0.389 e. The molecule has 0 aromatic heterocycles. The van der Waals surface area contributed by atoms with Crippen molar-refractivity contribution in [3.63, 3.8) is 0 Å². The highest BCUT2D eigenvalue weighted by Gasteiger charge is 2.06. The molecule has 0 amide bonds. The Hall–Kier alpha value is -1.09. The van der Waals surface area contributed by atoms with Crippen LogP contribution in [0.25, 0.3) is 0 Å². The largest absolute Gasteiger partial charge is 0.389 e. The highest BCUT2D eigenvalue weighted by Crippen LogP contribution is 2.20. The predicted molar refractivity (Wildman–Crippen MR) is 79.7 cm³/mol. The summed E-state index contributed by atoms with van der Waals surface area (Å²) < 4.78 is 0. The second-order valence-electron chi connectivity index (χ2n) is 4.35. The van der Waals surface area contributed by atoms with E-state index in [2.05, 4.69) is 25.2 Å². The van der Waals surface area contributed by atoms with Crippen LogP contribution in [0.1, 0.15) is 43.7 Å². The molecule has 0 heterocycles. The fourth-order valence-electron chi connectivity index (χ4n) is 1.87. The normalized spacial score (nSPS) is 10.2. The maximum Gasteiger partial charge on any atom is 0.106 e. The van der Waals surface area contributed by atoms with Crippen LogP contribution >= 0.6 is 12.2 Å². The summed E-state index contributed by atoms with van der Waals surface area (Å²) in [5.41, 5.74) is 8.97. The zero-order chi connectivity index (χ0) is 12.7. The van der Waals surface area contributed by atoms with E-state index in [4.69, 9.17) is 18.0 Å². The zero-order valence-corrected chi connectivity index (χ0v) is 11.6. The van der Waals surface area contributed by atoms with Crippen molar-refractivity contribution in [2.24, 2.45) is 5.73 Å². The maximum atomic E-state index is 5.73. The van der Waals surface area contributed by atoms with Crippen LogP contribution in [-0.2, 0) is 0 Å². The Morgan fingerprint density at radius 3 is 2.71 bits per heavy atom. The SMILES string of the molecule is CCCCCCNc1c(C)cccc1C(N)=S. The highest BCUT2D eigenvalue weighted by molar-refractivity contribution is 7.80. The summed E-state index contributed by atoms with van der Waals surface area (Å²) in [4.78, 5) is 0.463. The van der Waals surface area contributed by atoms with Gasteiger partial charge in [-0.15, -0.1) is 0 Å². The molecule has 0 radical (unpaired) electrons. The van der Waals surface area contributed by atoms with Gasteiger partial charge in [0.05, 0.1) is 0 Å². The number of benzene rings is 1. The third-order valence-electron chi connectivity index (χ3n) is 2.87. The van der Waals surface area contributed by atoms with Crippen molar-refractivity contribution in [1.82, 2.24) is 0 Å². The Morgan fingerprint density at radius 1 is 1.29 bits per heavy atom. The number of thiocarbonyl (C=S) groups is 1. The topological polar surface area (TPSA) is 38.0 Å². The van der Waals surface area contributed by atoms with Crippen molar-refractivity contribution in [1.29, 1.82) is 0 Å². The summed E-state index contributed by atoms with van der Waals surface area (Å²) in [6, 6.07) is 6.05. The molecule has 0 fully saturated rings. The Balaban J connectivity index is 2.60. The van der Waals surface area contributed by atoms with Crippen molar-refractivity contribution < 1.29 is 0 Å². The van der Waals surface area contributed by atoms with Gasteiger partial charge < -0.3 is 11.1 Å². The van der Waals surface area contributed by atoms with Crippen LogP contribution in [0, 0.1) is 6.92 Å². The molecule has 0 aliphatic heterocycles. The van der Waals surface area contributed by atoms with Gasteiger partial charge in [-0.05, 0) is 25.0 Å². The number of rotatable bonds is 7. The lowest BCUT2D eigenvalue weighted by atomic mass is 10.1. The summed E-state index contributed by atoms with van der Waals surface area (Å²) in [5, 5.41) is 3.45. The number of hydrogen-bond donors (Lipinski definition) is 2. The Kier molecular flexibility index (Phi) is 5.98. The standard InChI is InChI=1S/C14H22N2S/c1-3-4-5-6-10-16-13-11(2)8-7-9-12(13)14(15)17/h7-9,16H,3-6,10H2,1-2H3,(H2,15,17). The fourth-order valence-corrected chi connectivity index (χ4v) is 2.04. The molecule has 1 rings (SSSR count). The fraction of sp³-hybridized carbons (Fsp3) is 0.500. The van der Waals surface area contributed by atoms with Gasteiger partial charge in [-0.3, -0.25) is 0 Å². The van der Waals surface area contributed by atoms with E-state index in [-0.39, 0.29) is 0 Å². The van der Waals surface area contributed by atoms with Crippen molar-refractivity contribution >= 4 is 22.9 Å². The van der Waals surface area contributed by atoms with Crippen LogP contribution in [-0.4, -0.2) is 11.5 Å². The first-order valence-electron chi connectivity index (χ1n) is 6.30. The summed E-state index contributed by atoms with van der Waals surface area (Å²) >= 11 is 5.07. The van der Waals surface area contributed by atoms with Gasteiger partial charge in [0.25, 0.3) is 0 Å². The van der Waals surface area contributed by atoms with Crippen molar-refractivity contribution in [2.45, 2.75) is 39.5 Å². The highest BCUT2D eigenvalue weighted by atomic mass is 32.1. The monoisotopic (exact) mass is 250 g/mol. The smallest absolute Gasteiger partial charge is 0.106 e. The van der Waals surface area contributed by atoms with Crippen molar-refractivity contribution in [3.05, 3.63) is 29.3 Å². The Morgan fingerprint density at radius 2 is 2.06 bits per heavy atom. The molecule has 0 aliphatic carbocycles. The molecular formula is C14H22N2S. The second kappa shape index (κ2) is 7.28. The molecule has 1 aromatic carbocycles. The van der Waals surface area contributed by atoms with Crippen LogP contribution in [0.4, 0.5) is 5.69 Å². The minimum atomic E-state index is 0.463. The lowest BCUT2D eigenvalue weighted by Crippen LogP contribution is -2.14. The molecule has 0 aliphatic rings. The van der Waals surface area contributed by atoms with Crippen molar-refractivity contribution in [3.8, 4) is 0 Å². The van der Waals surface area contributed by atoms with Gasteiger partial charge >= 0.3 is 0 Å². The third kappa shape index (κ3) is 4.35. The summed E-state index contributed by atoms with van der Waals surface area (Å²) in [5.74, 6) is 0. The molecule has 2 nitrogen and oxygen atoms in total. The van der Waals surface area contributed by atoms with E-state index >= 15 is 0 Å². The lowest BCUT2D eigenvalue weighted by molar-refractivity contribution is 0.685. The first-order valence-corrected chi connectivity index (χ1v) is 6.71. The van der Waals surface area contributed by atoms with Crippen LogP contribution in [0.2, 0.25) is 0 Å². The van der Waals surface area contributed by atoms with Gasteiger partial charge in [0.1, 0.15) is 4.99 Å². The summed E-state index contributed by atoms with van der Waals surface area (Å²) in [7, 11) is 0. The molecule has 0 unspecified atom stereocenters. The number of nitrogens with two attached hydrogens (primary N) is 1. The number of hydrogen-bond acceptors (Lipinski definition) is 2. The van der Waals surface area contributed by atoms with Crippen LogP contribution in [0.15, 0.2) is 18.2 Å². The van der Waals surface area contributed by atoms with Gasteiger partial charge in [-0.25, -0.2) is 0 Å².